The average Bonchev–Trinajstić information content (AvgIpc) is 2.99. The fourth-order valence-corrected chi connectivity index (χ4v) is 3.08. The van der Waals surface area contributed by atoms with Gasteiger partial charge < -0.3 is 24.8 Å². The summed E-state index contributed by atoms with van der Waals surface area (Å²) >= 11 is 0. The van der Waals surface area contributed by atoms with Crippen molar-refractivity contribution in [2.45, 2.75) is 95.5 Å². The topological polar surface area (TPSA) is 79.2 Å². The van der Waals surface area contributed by atoms with Crippen molar-refractivity contribution in [2.24, 2.45) is 0 Å². The van der Waals surface area contributed by atoms with Gasteiger partial charge in [-0.1, -0.05) is 51.2 Å². The predicted molar refractivity (Wildman–Crippen MR) is 99.6 cm³/mol. The van der Waals surface area contributed by atoms with E-state index in [1.165, 1.54) is 51.4 Å². The first kappa shape index (κ1) is 22.6. The second kappa shape index (κ2) is 14.7. The molecule has 1 fully saturated rings. The van der Waals surface area contributed by atoms with Crippen molar-refractivity contribution in [3.8, 4) is 0 Å². The Morgan fingerprint density at radius 1 is 1.04 bits per heavy atom. The van der Waals surface area contributed by atoms with Gasteiger partial charge >= 0.3 is 0 Å². The molecular weight excluding hydrogens is 320 g/mol. The van der Waals surface area contributed by atoms with Crippen LogP contribution in [-0.2, 0) is 9.47 Å². The number of aliphatic hydroxyl groups is 3. The molecule has 4 atom stereocenters. The third-order valence-electron chi connectivity index (χ3n) is 4.72. The van der Waals surface area contributed by atoms with Gasteiger partial charge in [0.25, 0.3) is 0 Å². The third-order valence-corrected chi connectivity index (χ3v) is 4.72. The van der Waals surface area contributed by atoms with Gasteiger partial charge in [0, 0.05) is 6.61 Å². The minimum Gasteiger partial charge on any atom is -0.394 e. The van der Waals surface area contributed by atoms with Gasteiger partial charge in [0.2, 0.25) is 0 Å². The lowest BCUT2D eigenvalue weighted by Crippen LogP contribution is -2.41. The number of rotatable bonds is 15. The molecule has 25 heavy (non-hydrogen) atoms. The number of aliphatic hydroxyl groups excluding tert-OH is 3. The van der Waals surface area contributed by atoms with Gasteiger partial charge in [-0.2, -0.15) is 0 Å². The van der Waals surface area contributed by atoms with Crippen LogP contribution in [-0.4, -0.2) is 59.6 Å². The zero-order valence-corrected chi connectivity index (χ0v) is 15.8. The number of unbranched alkanes of at least 4 members (excludes halogenated alkanes) is 8. The van der Waals surface area contributed by atoms with Gasteiger partial charge in [0.1, 0.15) is 24.4 Å². The molecule has 0 aliphatic carbocycles. The Labute approximate surface area is 153 Å². The fourth-order valence-electron chi connectivity index (χ4n) is 3.08. The number of hydrogen-bond donors (Lipinski definition) is 3. The van der Waals surface area contributed by atoms with Crippen molar-refractivity contribution in [3.05, 3.63) is 12.2 Å². The van der Waals surface area contributed by atoms with Crippen molar-refractivity contribution in [1.29, 1.82) is 0 Å². The van der Waals surface area contributed by atoms with Crippen LogP contribution < -0.4 is 0 Å². The molecule has 5 heteroatoms. The highest BCUT2D eigenvalue weighted by Gasteiger charge is 2.40. The molecule has 1 heterocycles. The average molecular weight is 359 g/mol. The Hall–Kier alpha value is -0.460. The van der Waals surface area contributed by atoms with Crippen LogP contribution in [0.4, 0.5) is 0 Å². The monoisotopic (exact) mass is 358 g/mol. The van der Waals surface area contributed by atoms with E-state index in [1.54, 1.807) is 0 Å². The lowest BCUT2D eigenvalue weighted by Gasteiger charge is -2.20. The maximum absolute atomic E-state index is 10.0. The molecule has 1 saturated heterocycles. The molecule has 3 N–H and O–H groups in total. The minimum absolute atomic E-state index is 0.271. The minimum atomic E-state index is -1.05. The molecule has 0 aromatic rings. The molecule has 148 valence electrons. The van der Waals surface area contributed by atoms with Crippen molar-refractivity contribution in [2.75, 3.05) is 19.8 Å². The van der Waals surface area contributed by atoms with E-state index < -0.39 is 31.0 Å². The Balaban J connectivity index is 1.91. The highest BCUT2D eigenvalue weighted by molar-refractivity contribution is 4.88. The van der Waals surface area contributed by atoms with E-state index in [1.807, 2.05) is 0 Å². The first-order chi connectivity index (χ1) is 12.2. The maximum Gasteiger partial charge on any atom is 0.114 e. The number of allylic oxidation sites excluding steroid dienone is 2. The van der Waals surface area contributed by atoms with Crippen LogP contribution in [0.25, 0.3) is 0 Å². The molecule has 0 unspecified atom stereocenters. The highest BCUT2D eigenvalue weighted by atomic mass is 16.6. The van der Waals surface area contributed by atoms with Crippen LogP contribution >= 0.6 is 0 Å². The molecule has 0 bridgehead atoms. The van der Waals surface area contributed by atoms with Gasteiger partial charge in [-0.25, -0.2) is 0 Å². The van der Waals surface area contributed by atoms with Crippen LogP contribution in [0.3, 0.4) is 0 Å². The third kappa shape index (κ3) is 9.71. The Bertz CT molecular complexity index is 334. The SMILES string of the molecule is CCCCC/C=C/CCCCCCCO[C@@H]1CO[C@H]([C@@H](O)CO)[C@@H]1O. The summed E-state index contributed by atoms with van der Waals surface area (Å²) in [4.78, 5) is 0. The van der Waals surface area contributed by atoms with E-state index in [0.717, 1.165) is 12.8 Å². The summed E-state index contributed by atoms with van der Waals surface area (Å²) in [5, 5.41) is 28.5. The maximum atomic E-state index is 10.0. The lowest BCUT2D eigenvalue weighted by molar-refractivity contribution is -0.0730. The summed E-state index contributed by atoms with van der Waals surface area (Å²) in [5.74, 6) is 0. The molecule has 1 aliphatic rings. The van der Waals surface area contributed by atoms with Gasteiger partial charge in [-0.05, 0) is 32.1 Å². The van der Waals surface area contributed by atoms with Crippen LogP contribution in [0.1, 0.15) is 71.1 Å². The molecule has 5 nitrogen and oxygen atoms in total. The Kier molecular flexibility index (Phi) is 13.3. The zero-order chi connectivity index (χ0) is 18.3. The summed E-state index contributed by atoms with van der Waals surface area (Å²) < 4.78 is 11.0. The molecule has 0 aromatic carbocycles. The van der Waals surface area contributed by atoms with E-state index in [-0.39, 0.29) is 6.61 Å². The second-order valence-corrected chi connectivity index (χ2v) is 6.97. The van der Waals surface area contributed by atoms with E-state index >= 15 is 0 Å². The van der Waals surface area contributed by atoms with E-state index in [0.29, 0.717) is 6.61 Å². The summed E-state index contributed by atoms with van der Waals surface area (Å²) in [6, 6.07) is 0. The predicted octanol–water partition coefficient (Wildman–Crippen LogP) is 2.96. The Morgan fingerprint density at radius 2 is 1.68 bits per heavy atom. The van der Waals surface area contributed by atoms with E-state index in [2.05, 4.69) is 19.1 Å². The van der Waals surface area contributed by atoms with Crippen LogP contribution in [0.5, 0.6) is 0 Å². The standard InChI is InChI=1S/C20H38O5/c1-2-3-4-5-6-7-8-9-10-11-12-13-14-24-18-16-25-20(19(18)23)17(22)15-21/h6-7,17-23H,2-5,8-16H2,1H3/b7-6+/t17-,18+,19+,20+/m0/s1. The zero-order valence-electron chi connectivity index (χ0n) is 15.8. The summed E-state index contributed by atoms with van der Waals surface area (Å²) in [6.07, 6.45) is 13.7. The van der Waals surface area contributed by atoms with Crippen LogP contribution in [0, 0.1) is 0 Å². The summed E-state index contributed by atoms with van der Waals surface area (Å²) in [6.45, 7) is 2.69. The molecular formula is C20H38O5. The molecule has 1 rings (SSSR count). The van der Waals surface area contributed by atoms with E-state index in [4.69, 9.17) is 14.6 Å². The molecule has 0 amide bonds. The number of ether oxygens (including phenoxy) is 2. The molecule has 0 spiro atoms. The largest absolute Gasteiger partial charge is 0.394 e. The lowest BCUT2D eigenvalue weighted by atomic mass is 10.1. The van der Waals surface area contributed by atoms with Gasteiger partial charge in [0.15, 0.2) is 0 Å². The van der Waals surface area contributed by atoms with E-state index in [9.17, 15) is 10.2 Å². The molecule has 1 aliphatic heterocycles. The first-order valence-electron chi connectivity index (χ1n) is 10.1. The van der Waals surface area contributed by atoms with Crippen LogP contribution in [0.2, 0.25) is 0 Å². The van der Waals surface area contributed by atoms with Crippen molar-refractivity contribution >= 4 is 0 Å². The van der Waals surface area contributed by atoms with Gasteiger partial charge in [-0.15, -0.1) is 0 Å². The smallest absolute Gasteiger partial charge is 0.114 e. The number of hydrogen-bond acceptors (Lipinski definition) is 5. The normalized spacial score (nSPS) is 25.0. The highest BCUT2D eigenvalue weighted by Crippen LogP contribution is 2.20. The van der Waals surface area contributed by atoms with Crippen LogP contribution in [0.15, 0.2) is 12.2 Å². The van der Waals surface area contributed by atoms with Gasteiger partial charge in [-0.3, -0.25) is 0 Å². The Morgan fingerprint density at radius 3 is 2.36 bits per heavy atom. The molecule has 0 radical (unpaired) electrons. The molecule has 0 aromatic heterocycles. The second-order valence-electron chi connectivity index (χ2n) is 6.97. The summed E-state index contributed by atoms with van der Waals surface area (Å²) in [7, 11) is 0. The summed E-state index contributed by atoms with van der Waals surface area (Å²) in [5.41, 5.74) is 0. The van der Waals surface area contributed by atoms with Crippen molar-refractivity contribution in [1.82, 2.24) is 0 Å². The fraction of sp³-hybridized carbons (Fsp3) is 0.900. The molecule has 0 saturated carbocycles. The quantitative estimate of drug-likeness (QED) is 0.310. The van der Waals surface area contributed by atoms with Gasteiger partial charge in [0.05, 0.1) is 13.2 Å². The first-order valence-corrected chi connectivity index (χ1v) is 10.1. The van der Waals surface area contributed by atoms with Crippen molar-refractivity contribution in [3.63, 3.8) is 0 Å². The van der Waals surface area contributed by atoms with Crippen molar-refractivity contribution < 1.29 is 24.8 Å².